The highest BCUT2D eigenvalue weighted by atomic mass is 16.4. The van der Waals surface area contributed by atoms with E-state index in [0.29, 0.717) is 11.9 Å². The van der Waals surface area contributed by atoms with Crippen LogP contribution in [-0.2, 0) is 4.79 Å². The van der Waals surface area contributed by atoms with E-state index in [1.54, 1.807) is 13.2 Å². The van der Waals surface area contributed by atoms with Crippen molar-refractivity contribution in [1.82, 2.24) is 9.97 Å². The molecule has 2 rings (SSSR count). The summed E-state index contributed by atoms with van der Waals surface area (Å²) < 4.78 is 0. The normalized spacial score (nSPS) is 10.7. The number of carboxylic acids is 1. The van der Waals surface area contributed by atoms with E-state index in [4.69, 9.17) is 5.11 Å². The van der Waals surface area contributed by atoms with E-state index in [1.165, 1.54) is 10.5 Å². The molecular weight excluding hydrogens is 266 g/mol. The summed E-state index contributed by atoms with van der Waals surface area (Å²) in [4.78, 5) is 20.8. The lowest BCUT2D eigenvalue weighted by Gasteiger charge is -2.15. The van der Waals surface area contributed by atoms with Crippen molar-refractivity contribution in [1.29, 1.82) is 0 Å². The molecule has 2 aromatic rings. The van der Waals surface area contributed by atoms with Gasteiger partial charge >= 0.3 is 5.97 Å². The van der Waals surface area contributed by atoms with Gasteiger partial charge in [-0.1, -0.05) is 38.1 Å². The van der Waals surface area contributed by atoms with E-state index < -0.39 is 5.97 Å². The van der Waals surface area contributed by atoms with Crippen LogP contribution in [0.4, 0.5) is 5.95 Å². The van der Waals surface area contributed by atoms with Gasteiger partial charge in [0.05, 0.1) is 5.69 Å². The van der Waals surface area contributed by atoms with Gasteiger partial charge in [0, 0.05) is 18.8 Å². The van der Waals surface area contributed by atoms with Crippen molar-refractivity contribution in [2.45, 2.75) is 19.8 Å². The molecule has 1 aromatic carbocycles. The summed E-state index contributed by atoms with van der Waals surface area (Å²) in [6, 6.07) is 10.0. The first-order valence-electron chi connectivity index (χ1n) is 6.83. The topological polar surface area (TPSA) is 66.3 Å². The summed E-state index contributed by atoms with van der Waals surface area (Å²) in [5.41, 5.74) is 3.05. The van der Waals surface area contributed by atoms with Crippen LogP contribution in [0.5, 0.6) is 0 Å². The van der Waals surface area contributed by atoms with E-state index in [-0.39, 0.29) is 6.54 Å². The third-order valence-electron chi connectivity index (χ3n) is 3.23. The molecule has 0 fully saturated rings. The SMILES string of the molecule is CC(C)c1ccc(-c2ccnc(N(C)CC(=O)O)n2)cc1. The minimum Gasteiger partial charge on any atom is -0.480 e. The first kappa shape index (κ1) is 15.0. The Labute approximate surface area is 124 Å². The van der Waals surface area contributed by atoms with Gasteiger partial charge in [-0.25, -0.2) is 9.97 Å². The third-order valence-corrected chi connectivity index (χ3v) is 3.23. The van der Waals surface area contributed by atoms with Gasteiger partial charge in [0.15, 0.2) is 0 Å². The number of likely N-dealkylation sites (N-methyl/N-ethyl adjacent to an activating group) is 1. The average molecular weight is 285 g/mol. The molecule has 5 nitrogen and oxygen atoms in total. The molecule has 0 saturated heterocycles. The number of benzene rings is 1. The number of hydrogen-bond donors (Lipinski definition) is 1. The largest absolute Gasteiger partial charge is 0.480 e. The van der Waals surface area contributed by atoms with Crippen molar-refractivity contribution < 1.29 is 9.90 Å². The Hall–Kier alpha value is -2.43. The van der Waals surface area contributed by atoms with Crippen LogP contribution in [0.2, 0.25) is 0 Å². The molecule has 0 unspecified atom stereocenters. The zero-order valence-corrected chi connectivity index (χ0v) is 12.4. The number of nitrogens with zero attached hydrogens (tertiary/aromatic N) is 3. The molecule has 0 aliphatic heterocycles. The minimum atomic E-state index is -0.909. The van der Waals surface area contributed by atoms with Crippen molar-refractivity contribution in [2.24, 2.45) is 0 Å². The minimum absolute atomic E-state index is 0.129. The summed E-state index contributed by atoms with van der Waals surface area (Å²) in [6.07, 6.45) is 1.65. The number of aromatic nitrogens is 2. The van der Waals surface area contributed by atoms with Crippen LogP contribution in [0.25, 0.3) is 11.3 Å². The highest BCUT2D eigenvalue weighted by Crippen LogP contribution is 2.22. The maximum absolute atomic E-state index is 10.7. The fraction of sp³-hybridized carbons (Fsp3) is 0.312. The molecule has 1 heterocycles. The molecule has 0 atom stereocenters. The molecule has 0 saturated carbocycles. The van der Waals surface area contributed by atoms with Gasteiger partial charge in [-0.3, -0.25) is 4.79 Å². The van der Waals surface area contributed by atoms with E-state index in [9.17, 15) is 4.79 Å². The van der Waals surface area contributed by atoms with Crippen LogP contribution in [-0.4, -0.2) is 34.6 Å². The second-order valence-electron chi connectivity index (χ2n) is 5.27. The van der Waals surface area contributed by atoms with Gasteiger partial charge in [-0.15, -0.1) is 0 Å². The molecular formula is C16H19N3O2. The smallest absolute Gasteiger partial charge is 0.323 e. The summed E-state index contributed by atoms with van der Waals surface area (Å²) in [5, 5.41) is 8.82. The molecule has 0 bridgehead atoms. The van der Waals surface area contributed by atoms with Crippen LogP contribution in [0, 0.1) is 0 Å². The van der Waals surface area contributed by atoms with Crippen molar-refractivity contribution in [3.8, 4) is 11.3 Å². The second kappa shape index (κ2) is 6.35. The van der Waals surface area contributed by atoms with Gasteiger partial charge in [-0.2, -0.15) is 0 Å². The van der Waals surface area contributed by atoms with Crippen LogP contribution in [0.1, 0.15) is 25.3 Å². The monoisotopic (exact) mass is 285 g/mol. The quantitative estimate of drug-likeness (QED) is 0.915. The maximum Gasteiger partial charge on any atom is 0.323 e. The predicted molar refractivity (Wildman–Crippen MR) is 82.5 cm³/mol. The average Bonchev–Trinajstić information content (AvgIpc) is 2.47. The first-order chi connectivity index (χ1) is 9.97. The second-order valence-corrected chi connectivity index (χ2v) is 5.27. The van der Waals surface area contributed by atoms with Crippen LogP contribution < -0.4 is 4.90 Å². The number of carboxylic acid groups (broad SMARTS) is 1. The molecule has 1 aromatic heterocycles. The van der Waals surface area contributed by atoms with E-state index in [2.05, 4.69) is 35.9 Å². The van der Waals surface area contributed by atoms with Crippen molar-refractivity contribution in [3.05, 3.63) is 42.1 Å². The lowest BCUT2D eigenvalue weighted by Crippen LogP contribution is -2.26. The number of hydrogen-bond acceptors (Lipinski definition) is 4. The zero-order valence-electron chi connectivity index (χ0n) is 12.4. The summed E-state index contributed by atoms with van der Waals surface area (Å²) in [6.45, 7) is 4.17. The standard InChI is InChI=1S/C16H19N3O2/c1-11(2)12-4-6-13(7-5-12)14-8-9-17-16(18-14)19(3)10-15(20)21/h4-9,11H,10H2,1-3H3,(H,20,21). The third kappa shape index (κ3) is 3.78. The van der Waals surface area contributed by atoms with Gasteiger partial charge < -0.3 is 10.0 Å². The van der Waals surface area contributed by atoms with E-state index >= 15 is 0 Å². The van der Waals surface area contributed by atoms with Crippen molar-refractivity contribution in [2.75, 3.05) is 18.5 Å². The van der Waals surface area contributed by atoms with Crippen molar-refractivity contribution in [3.63, 3.8) is 0 Å². The highest BCUT2D eigenvalue weighted by molar-refractivity contribution is 5.72. The Bertz CT molecular complexity index is 624. The zero-order chi connectivity index (χ0) is 15.4. The van der Waals surface area contributed by atoms with Gasteiger partial charge in [-0.05, 0) is 17.5 Å². The Kier molecular flexibility index (Phi) is 4.52. The van der Waals surface area contributed by atoms with E-state index in [1.807, 2.05) is 18.2 Å². The van der Waals surface area contributed by atoms with Crippen LogP contribution in [0.15, 0.2) is 36.5 Å². The summed E-state index contributed by atoms with van der Waals surface area (Å²) >= 11 is 0. The van der Waals surface area contributed by atoms with Gasteiger partial charge in [0.1, 0.15) is 6.54 Å². The number of aliphatic carboxylic acids is 1. The Morgan fingerprint density at radius 1 is 1.24 bits per heavy atom. The van der Waals surface area contributed by atoms with Crippen LogP contribution >= 0.6 is 0 Å². The fourth-order valence-electron chi connectivity index (χ4n) is 2.01. The van der Waals surface area contributed by atoms with E-state index in [0.717, 1.165) is 11.3 Å². The van der Waals surface area contributed by atoms with Gasteiger partial charge in [0.25, 0.3) is 0 Å². The lowest BCUT2D eigenvalue weighted by atomic mass is 10.0. The molecule has 21 heavy (non-hydrogen) atoms. The molecule has 0 aliphatic carbocycles. The molecule has 110 valence electrons. The maximum atomic E-state index is 10.7. The fourth-order valence-corrected chi connectivity index (χ4v) is 2.01. The molecule has 1 N–H and O–H groups in total. The number of rotatable bonds is 5. The van der Waals surface area contributed by atoms with Gasteiger partial charge in [0.2, 0.25) is 5.95 Å². The number of carbonyl (C=O) groups is 1. The summed E-state index contributed by atoms with van der Waals surface area (Å²) in [7, 11) is 1.66. The Morgan fingerprint density at radius 3 is 2.48 bits per heavy atom. The molecule has 0 amide bonds. The van der Waals surface area contributed by atoms with Crippen molar-refractivity contribution >= 4 is 11.9 Å². The Morgan fingerprint density at radius 2 is 1.90 bits per heavy atom. The Balaban J connectivity index is 2.26. The first-order valence-corrected chi connectivity index (χ1v) is 6.83. The van der Waals surface area contributed by atoms with Crippen LogP contribution in [0.3, 0.4) is 0 Å². The molecule has 0 spiro atoms. The molecule has 0 aliphatic rings. The predicted octanol–water partition coefficient (Wildman–Crippen LogP) is 2.79. The molecule has 5 heteroatoms. The lowest BCUT2D eigenvalue weighted by molar-refractivity contribution is -0.135. The summed E-state index contributed by atoms with van der Waals surface area (Å²) in [5.74, 6) is -0.0164. The number of anilines is 1. The highest BCUT2D eigenvalue weighted by Gasteiger charge is 2.10. The molecule has 0 radical (unpaired) electrons.